The van der Waals surface area contributed by atoms with Crippen LogP contribution in [0.2, 0.25) is 0 Å². The van der Waals surface area contributed by atoms with Gasteiger partial charge in [0.1, 0.15) is 5.75 Å². The second kappa shape index (κ2) is 5.81. The molecule has 0 bridgehead atoms. The van der Waals surface area contributed by atoms with Crippen molar-refractivity contribution >= 4 is 15.9 Å². The van der Waals surface area contributed by atoms with Gasteiger partial charge in [0, 0.05) is 21.5 Å². The minimum atomic E-state index is 0.192. The van der Waals surface area contributed by atoms with Crippen LogP contribution in [0, 0.1) is 5.41 Å². The number of benzene rings is 1. The van der Waals surface area contributed by atoms with E-state index in [2.05, 4.69) is 41.0 Å². The van der Waals surface area contributed by atoms with E-state index in [0.29, 0.717) is 6.04 Å². The highest BCUT2D eigenvalue weighted by Crippen LogP contribution is 2.53. The van der Waals surface area contributed by atoms with Crippen LogP contribution in [0.15, 0.2) is 22.7 Å². The van der Waals surface area contributed by atoms with E-state index < -0.39 is 0 Å². The van der Waals surface area contributed by atoms with Crippen LogP contribution in [-0.4, -0.2) is 32.6 Å². The maximum atomic E-state index is 6.10. The molecular weight excluding hydrogens is 304 g/mol. The topological polar surface area (TPSA) is 38.5 Å². The molecule has 4 heteroatoms. The van der Waals surface area contributed by atoms with Gasteiger partial charge < -0.3 is 15.4 Å². The molecular formula is C15H23BrN2O. The Balaban J connectivity index is 2.47. The summed E-state index contributed by atoms with van der Waals surface area (Å²) in [5.41, 5.74) is 7.52. The summed E-state index contributed by atoms with van der Waals surface area (Å²) in [5.74, 6) is 0.946. The van der Waals surface area contributed by atoms with Crippen molar-refractivity contribution in [1.29, 1.82) is 0 Å². The molecule has 1 saturated carbocycles. The summed E-state index contributed by atoms with van der Waals surface area (Å²) >= 11 is 3.57. The van der Waals surface area contributed by atoms with Crippen molar-refractivity contribution in [3.8, 4) is 5.75 Å². The standard InChI is InChI=1S/C15H23BrN2O/c1-18(2)14(15(10-17)7-4-8-15)12-9-11(16)5-6-13(12)19-3/h5-6,9,14H,4,7-8,10,17H2,1-3H3. The molecule has 3 nitrogen and oxygen atoms in total. The van der Waals surface area contributed by atoms with Crippen LogP contribution in [0.4, 0.5) is 0 Å². The molecule has 1 aromatic carbocycles. The van der Waals surface area contributed by atoms with Crippen LogP contribution >= 0.6 is 15.9 Å². The van der Waals surface area contributed by atoms with Crippen LogP contribution in [0.1, 0.15) is 30.9 Å². The van der Waals surface area contributed by atoms with E-state index >= 15 is 0 Å². The third-order valence-corrected chi connectivity index (χ3v) is 4.83. The van der Waals surface area contributed by atoms with Crippen LogP contribution in [0.5, 0.6) is 5.75 Å². The maximum absolute atomic E-state index is 6.10. The lowest BCUT2D eigenvalue weighted by Gasteiger charge is -2.50. The van der Waals surface area contributed by atoms with Gasteiger partial charge in [-0.3, -0.25) is 0 Å². The van der Waals surface area contributed by atoms with Crippen molar-refractivity contribution in [2.45, 2.75) is 25.3 Å². The highest BCUT2D eigenvalue weighted by molar-refractivity contribution is 9.10. The molecule has 0 saturated heterocycles. The SMILES string of the molecule is COc1ccc(Br)cc1C(N(C)C)C1(CN)CCC1. The number of methoxy groups -OCH3 is 1. The highest BCUT2D eigenvalue weighted by atomic mass is 79.9. The van der Waals surface area contributed by atoms with E-state index in [1.165, 1.54) is 24.8 Å². The first-order valence-corrected chi connectivity index (χ1v) is 7.53. The summed E-state index contributed by atoms with van der Waals surface area (Å²) in [6, 6.07) is 6.52. The third kappa shape index (κ3) is 2.67. The lowest BCUT2D eigenvalue weighted by molar-refractivity contribution is 0.0268. The summed E-state index contributed by atoms with van der Waals surface area (Å²) in [7, 11) is 5.98. The summed E-state index contributed by atoms with van der Waals surface area (Å²) in [5, 5.41) is 0. The number of ether oxygens (including phenoxy) is 1. The quantitative estimate of drug-likeness (QED) is 0.903. The highest BCUT2D eigenvalue weighted by Gasteiger charge is 2.45. The molecule has 0 aromatic heterocycles. The molecule has 1 unspecified atom stereocenters. The second-order valence-corrected chi connectivity index (χ2v) is 6.59. The summed E-state index contributed by atoms with van der Waals surface area (Å²) in [4.78, 5) is 2.27. The van der Waals surface area contributed by atoms with Gasteiger partial charge in [0.2, 0.25) is 0 Å². The Labute approximate surface area is 124 Å². The van der Waals surface area contributed by atoms with Gasteiger partial charge in [0.25, 0.3) is 0 Å². The molecule has 0 heterocycles. The fraction of sp³-hybridized carbons (Fsp3) is 0.600. The normalized spacial score (nSPS) is 19.1. The Kier molecular flexibility index (Phi) is 4.54. The predicted octanol–water partition coefficient (Wildman–Crippen LogP) is 3.19. The smallest absolute Gasteiger partial charge is 0.123 e. The molecule has 1 fully saturated rings. The molecule has 1 atom stereocenters. The van der Waals surface area contributed by atoms with Crippen molar-refractivity contribution in [1.82, 2.24) is 4.90 Å². The molecule has 1 aliphatic carbocycles. The molecule has 0 amide bonds. The number of rotatable bonds is 5. The molecule has 0 aliphatic heterocycles. The Bertz CT molecular complexity index is 438. The van der Waals surface area contributed by atoms with Crippen molar-refractivity contribution in [2.75, 3.05) is 27.7 Å². The average Bonchev–Trinajstić information content (AvgIpc) is 2.33. The number of nitrogens with zero attached hydrogens (tertiary/aromatic N) is 1. The zero-order valence-corrected chi connectivity index (χ0v) is 13.5. The molecule has 2 N–H and O–H groups in total. The van der Waals surface area contributed by atoms with Crippen molar-refractivity contribution < 1.29 is 4.74 Å². The van der Waals surface area contributed by atoms with Gasteiger partial charge >= 0.3 is 0 Å². The third-order valence-electron chi connectivity index (χ3n) is 4.34. The van der Waals surface area contributed by atoms with E-state index in [1.807, 2.05) is 12.1 Å². The predicted molar refractivity (Wildman–Crippen MR) is 82.5 cm³/mol. The number of halogens is 1. The maximum Gasteiger partial charge on any atom is 0.123 e. The van der Waals surface area contributed by atoms with Crippen LogP contribution < -0.4 is 10.5 Å². The Hall–Kier alpha value is -0.580. The van der Waals surface area contributed by atoms with Gasteiger partial charge in [0.05, 0.1) is 7.11 Å². The van der Waals surface area contributed by atoms with Crippen LogP contribution in [-0.2, 0) is 0 Å². The van der Waals surface area contributed by atoms with Crippen molar-refractivity contribution in [2.24, 2.45) is 11.1 Å². The minimum Gasteiger partial charge on any atom is -0.496 e. The first-order valence-electron chi connectivity index (χ1n) is 6.74. The second-order valence-electron chi connectivity index (χ2n) is 5.67. The number of hydrogen-bond acceptors (Lipinski definition) is 3. The number of nitrogens with two attached hydrogens (primary N) is 1. The van der Waals surface area contributed by atoms with Gasteiger partial charge in [-0.2, -0.15) is 0 Å². The van der Waals surface area contributed by atoms with Crippen molar-refractivity contribution in [3.63, 3.8) is 0 Å². The van der Waals surface area contributed by atoms with Gasteiger partial charge in [-0.25, -0.2) is 0 Å². The molecule has 19 heavy (non-hydrogen) atoms. The lowest BCUT2D eigenvalue weighted by atomic mass is 9.62. The Morgan fingerprint density at radius 2 is 2.11 bits per heavy atom. The largest absolute Gasteiger partial charge is 0.496 e. The van der Waals surface area contributed by atoms with Crippen molar-refractivity contribution in [3.05, 3.63) is 28.2 Å². The van der Waals surface area contributed by atoms with Gasteiger partial charge in [0.15, 0.2) is 0 Å². The fourth-order valence-electron chi connectivity index (χ4n) is 3.29. The van der Waals surface area contributed by atoms with Crippen LogP contribution in [0.3, 0.4) is 0 Å². The Morgan fingerprint density at radius 3 is 2.53 bits per heavy atom. The van der Waals surface area contributed by atoms with E-state index in [-0.39, 0.29) is 5.41 Å². The van der Waals surface area contributed by atoms with E-state index in [9.17, 15) is 0 Å². The van der Waals surface area contributed by atoms with Gasteiger partial charge in [-0.1, -0.05) is 22.4 Å². The zero-order chi connectivity index (χ0) is 14.0. The first kappa shape index (κ1) is 14.8. The molecule has 106 valence electrons. The fourth-order valence-corrected chi connectivity index (χ4v) is 3.67. The summed E-state index contributed by atoms with van der Waals surface area (Å²) in [6.45, 7) is 0.728. The summed E-state index contributed by atoms with van der Waals surface area (Å²) < 4.78 is 6.64. The Morgan fingerprint density at radius 1 is 1.42 bits per heavy atom. The van der Waals surface area contributed by atoms with E-state index in [0.717, 1.165) is 16.8 Å². The lowest BCUT2D eigenvalue weighted by Crippen LogP contribution is -2.47. The number of hydrogen-bond donors (Lipinski definition) is 1. The van der Waals surface area contributed by atoms with Crippen LogP contribution in [0.25, 0.3) is 0 Å². The zero-order valence-electron chi connectivity index (χ0n) is 11.9. The monoisotopic (exact) mass is 326 g/mol. The van der Waals surface area contributed by atoms with Gasteiger partial charge in [-0.05, 0) is 51.7 Å². The first-order chi connectivity index (χ1) is 9.04. The molecule has 0 radical (unpaired) electrons. The summed E-state index contributed by atoms with van der Waals surface area (Å²) in [6.07, 6.45) is 3.67. The minimum absolute atomic E-state index is 0.192. The average molecular weight is 327 g/mol. The molecule has 1 aromatic rings. The van der Waals surface area contributed by atoms with E-state index in [1.54, 1.807) is 7.11 Å². The molecule has 1 aliphatic rings. The molecule has 2 rings (SSSR count). The molecule has 0 spiro atoms. The van der Waals surface area contributed by atoms with Gasteiger partial charge in [-0.15, -0.1) is 0 Å². The van der Waals surface area contributed by atoms with E-state index in [4.69, 9.17) is 10.5 Å².